The molecule has 0 radical (unpaired) electrons. The highest BCUT2D eigenvalue weighted by Gasteiger charge is 2.40. The number of rotatable bonds is 7. The molecule has 7 rings (SSSR count). The number of nitriles is 1. The lowest BCUT2D eigenvalue weighted by molar-refractivity contribution is 0.0703. The molecule has 7 nitrogen and oxygen atoms in total. The fraction of sp³-hybridized carbons (Fsp3) is 0.483. The average molecular weight is 514 g/mol. The first-order valence-corrected chi connectivity index (χ1v) is 14.3. The van der Waals surface area contributed by atoms with Crippen LogP contribution in [0.5, 0.6) is 5.75 Å². The third kappa shape index (κ3) is 3.66. The smallest absolute Gasteiger partial charge is 0.254 e. The summed E-state index contributed by atoms with van der Waals surface area (Å²) in [6.45, 7) is 1.84. The second kappa shape index (κ2) is 8.63. The van der Waals surface area contributed by atoms with Gasteiger partial charge in [-0.25, -0.2) is 4.98 Å². The minimum Gasteiger partial charge on any atom is -0.494 e. The summed E-state index contributed by atoms with van der Waals surface area (Å²) >= 11 is 1.75. The van der Waals surface area contributed by atoms with Crippen molar-refractivity contribution in [3.8, 4) is 23.3 Å². The molecule has 8 heteroatoms. The number of amides is 1. The summed E-state index contributed by atoms with van der Waals surface area (Å²) in [7, 11) is 3.70. The quantitative estimate of drug-likeness (QED) is 0.315. The van der Waals surface area contributed by atoms with Crippen molar-refractivity contribution in [2.75, 3.05) is 13.7 Å². The maximum atomic E-state index is 13.5. The van der Waals surface area contributed by atoms with E-state index in [1.165, 1.54) is 35.0 Å². The molecule has 1 aliphatic heterocycles. The Bertz CT molecular complexity index is 1580. The lowest BCUT2D eigenvalue weighted by Crippen LogP contribution is -2.37. The molecular weight excluding hydrogens is 482 g/mol. The number of carbonyl (C=O) groups excluding carboxylic acids is 1. The van der Waals surface area contributed by atoms with Crippen LogP contribution >= 0.6 is 11.3 Å². The van der Waals surface area contributed by atoms with E-state index in [1.807, 2.05) is 19.2 Å². The molecule has 1 aromatic carbocycles. The summed E-state index contributed by atoms with van der Waals surface area (Å²) in [5.74, 6) is 3.02. The number of aromatic nitrogens is 3. The van der Waals surface area contributed by atoms with E-state index in [9.17, 15) is 4.79 Å². The molecule has 3 fully saturated rings. The Hall–Kier alpha value is -3.31. The summed E-state index contributed by atoms with van der Waals surface area (Å²) in [4.78, 5) is 20.7. The molecule has 190 valence electrons. The van der Waals surface area contributed by atoms with Crippen LogP contribution in [0.2, 0.25) is 0 Å². The zero-order valence-electron chi connectivity index (χ0n) is 21.4. The lowest BCUT2D eigenvalue weighted by Gasteiger charge is -2.27. The number of benzene rings is 1. The number of likely N-dealkylation sites (tertiary alicyclic amines) is 1. The summed E-state index contributed by atoms with van der Waals surface area (Å²) in [5, 5.41) is 11.4. The largest absolute Gasteiger partial charge is 0.494 e. The van der Waals surface area contributed by atoms with Gasteiger partial charge in [-0.2, -0.15) is 5.26 Å². The van der Waals surface area contributed by atoms with Crippen molar-refractivity contribution in [2.45, 2.75) is 57.5 Å². The van der Waals surface area contributed by atoms with Gasteiger partial charge in [0.05, 0.1) is 34.6 Å². The molecule has 2 atom stereocenters. The van der Waals surface area contributed by atoms with Crippen LogP contribution in [-0.4, -0.2) is 44.6 Å². The number of aryl methyl sites for hydroxylation is 2. The van der Waals surface area contributed by atoms with Crippen molar-refractivity contribution in [1.82, 2.24) is 19.0 Å². The SMILES string of the molecule is COc1cc(C(=O)N2C[C@H]3CC[C@@H]2C3)cc2nc(-c3cc4scc(CCC#N)c4n3CC3CC3)n(C)c12. The van der Waals surface area contributed by atoms with Crippen LogP contribution in [0.15, 0.2) is 23.6 Å². The fourth-order valence-electron chi connectivity index (χ4n) is 6.60. The summed E-state index contributed by atoms with van der Waals surface area (Å²) in [5.41, 5.74) is 5.95. The standard InChI is InChI=1S/C29H31N5O2S/c1-32-27-22(11-20(12-24(27)36-2)29(35)33-15-18-7-8-21(33)10-18)31-28(32)23-13-25-26(34(23)14-17-5-6-17)19(16-37-25)4-3-9-30/h11-13,16-18,21H,3-8,10,14-15H2,1-2H3/t18-,21+/m0/s1. The van der Waals surface area contributed by atoms with Gasteiger partial charge in [-0.15, -0.1) is 11.3 Å². The lowest BCUT2D eigenvalue weighted by atomic mass is 10.1. The number of carbonyl (C=O) groups is 1. The molecule has 0 unspecified atom stereocenters. The number of imidazole rings is 1. The number of hydrogen-bond donors (Lipinski definition) is 0. The topological polar surface area (TPSA) is 76.1 Å². The first-order valence-electron chi connectivity index (χ1n) is 13.4. The van der Waals surface area contributed by atoms with Crippen LogP contribution in [-0.2, 0) is 20.0 Å². The molecular formula is C29H31N5O2S. The van der Waals surface area contributed by atoms with Gasteiger partial charge >= 0.3 is 0 Å². The number of fused-ring (bicyclic) bond motifs is 4. The van der Waals surface area contributed by atoms with Gasteiger partial charge in [0.15, 0.2) is 5.82 Å². The zero-order chi connectivity index (χ0) is 25.3. The van der Waals surface area contributed by atoms with Crippen molar-refractivity contribution >= 4 is 38.5 Å². The Morgan fingerprint density at radius 2 is 2.08 bits per heavy atom. The first kappa shape index (κ1) is 22.9. The van der Waals surface area contributed by atoms with Crippen LogP contribution in [0.1, 0.15) is 54.4 Å². The van der Waals surface area contributed by atoms with Crippen LogP contribution in [0.25, 0.3) is 32.8 Å². The predicted octanol–water partition coefficient (Wildman–Crippen LogP) is 5.76. The first-order chi connectivity index (χ1) is 18.1. The molecule has 37 heavy (non-hydrogen) atoms. The average Bonchev–Trinajstić information content (AvgIpc) is 3.30. The minimum absolute atomic E-state index is 0.0966. The Balaban J connectivity index is 1.34. The number of piperidine rings is 1. The van der Waals surface area contributed by atoms with E-state index in [4.69, 9.17) is 15.0 Å². The van der Waals surface area contributed by atoms with Crippen molar-refractivity contribution < 1.29 is 9.53 Å². The highest BCUT2D eigenvalue weighted by atomic mass is 32.1. The third-order valence-electron chi connectivity index (χ3n) is 8.64. The van der Waals surface area contributed by atoms with E-state index in [1.54, 1.807) is 18.4 Å². The van der Waals surface area contributed by atoms with E-state index in [2.05, 4.69) is 31.5 Å². The van der Waals surface area contributed by atoms with E-state index in [0.29, 0.717) is 35.6 Å². The second-order valence-electron chi connectivity index (χ2n) is 11.0. The van der Waals surface area contributed by atoms with Gasteiger partial charge in [0.2, 0.25) is 0 Å². The van der Waals surface area contributed by atoms with Crippen molar-refractivity contribution in [3.63, 3.8) is 0 Å². The maximum Gasteiger partial charge on any atom is 0.254 e. The van der Waals surface area contributed by atoms with E-state index in [0.717, 1.165) is 54.9 Å². The van der Waals surface area contributed by atoms with Gasteiger partial charge in [-0.3, -0.25) is 4.79 Å². The van der Waals surface area contributed by atoms with Gasteiger partial charge in [0.1, 0.15) is 11.3 Å². The van der Waals surface area contributed by atoms with Crippen molar-refractivity contribution in [3.05, 3.63) is 34.7 Å². The molecule has 1 amide bonds. The Kier molecular flexibility index (Phi) is 5.33. The molecule has 0 spiro atoms. The molecule has 2 bridgehead atoms. The monoisotopic (exact) mass is 513 g/mol. The Labute approximate surface area is 220 Å². The third-order valence-corrected chi connectivity index (χ3v) is 9.61. The summed E-state index contributed by atoms with van der Waals surface area (Å²) in [6, 6.07) is 8.77. The van der Waals surface area contributed by atoms with Crippen molar-refractivity contribution in [1.29, 1.82) is 5.26 Å². The van der Waals surface area contributed by atoms with Crippen LogP contribution in [0.3, 0.4) is 0 Å². The molecule has 0 N–H and O–H groups in total. The van der Waals surface area contributed by atoms with E-state index in [-0.39, 0.29) is 5.91 Å². The Morgan fingerprint density at radius 3 is 2.78 bits per heavy atom. The van der Waals surface area contributed by atoms with Gasteiger partial charge in [-0.1, -0.05) is 0 Å². The Morgan fingerprint density at radius 1 is 1.22 bits per heavy atom. The zero-order valence-corrected chi connectivity index (χ0v) is 22.2. The maximum absolute atomic E-state index is 13.5. The minimum atomic E-state index is 0.0966. The number of hydrogen-bond acceptors (Lipinski definition) is 5. The highest BCUT2D eigenvalue weighted by molar-refractivity contribution is 7.17. The van der Waals surface area contributed by atoms with E-state index >= 15 is 0 Å². The molecule has 4 aromatic rings. The molecule has 3 aliphatic rings. The summed E-state index contributed by atoms with van der Waals surface area (Å²) in [6.07, 6.45) is 7.32. The number of thiophene rings is 1. The number of nitrogens with zero attached hydrogens (tertiary/aromatic N) is 5. The molecule has 1 saturated heterocycles. The number of ether oxygens (including phenoxy) is 1. The molecule has 2 saturated carbocycles. The highest BCUT2D eigenvalue weighted by Crippen LogP contribution is 2.42. The van der Waals surface area contributed by atoms with Gasteiger partial charge in [0.25, 0.3) is 5.91 Å². The van der Waals surface area contributed by atoms with Crippen LogP contribution in [0.4, 0.5) is 0 Å². The molecule has 4 heterocycles. The van der Waals surface area contributed by atoms with Gasteiger partial charge < -0.3 is 18.8 Å². The normalized spacial score (nSPS) is 20.8. The van der Waals surface area contributed by atoms with Crippen LogP contribution < -0.4 is 4.74 Å². The van der Waals surface area contributed by atoms with Crippen molar-refractivity contribution in [2.24, 2.45) is 18.9 Å². The van der Waals surface area contributed by atoms with E-state index < -0.39 is 0 Å². The second-order valence-corrected chi connectivity index (χ2v) is 12.0. The number of methoxy groups -OCH3 is 1. The van der Waals surface area contributed by atoms with Gasteiger partial charge in [0, 0.05) is 38.2 Å². The molecule has 3 aromatic heterocycles. The fourth-order valence-corrected chi connectivity index (χ4v) is 7.63. The summed E-state index contributed by atoms with van der Waals surface area (Å²) < 4.78 is 11.6. The van der Waals surface area contributed by atoms with Gasteiger partial charge in [-0.05, 0) is 79.5 Å². The molecule has 2 aliphatic carbocycles. The predicted molar refractivity (Wildman–Crippen MR) is 145 cm³/mol. The van der Waals surface area contributed by atoms with Crippen LogP contribution in [0, 0.1) is 23.2 Å².